The number of benzene rings is 4. The number of hydrogen-bond acceptors (Lipinski definition) is 4. The minimum Gasteiger partial charge on any atom is -0.489 e. The predicted octanol–water partition coefficient (Wildman–Crippen LogP) is 6.46. The molecule has 0 aliphatic carbocycles. The Labute approximate surface area is 215 Å². The first-order valence-corrected chi connectivity index (χ1v) is 12.6. The number of fused-ring (bicyclic) bond motifs is 2. The Hall–Kier alpha value is -3.90. The Balaban J connectivity index is 1.37. The average molecular weight is 500 g/mol. The minimum atomic E-state index is -1.15. The second-order valence-corrected chi connectivity index (χ2v) is 9.55. The van der Waals surface area contributed by atoms with Crippen LogP contribution < -0.4 is 14.8 Å². The summed E-state index contributed by atoms with van der Waals surface area (Å²) in [7, 11) is 0. The lowest BCUT2D eigenvalue weighted by atomic mass is 9.84. The van der Waals surface area contributed by atoms with Crippen molar-refractivity contribution in [2.75, 3.05) is 6.54 Å². The molecule has 0 fully saturated rings. The van der Waals surface area contributed by atoms with Crippen LogP contribution in [0.2, 0.25) is 0 Å². The van der Waals surface area contributed by atoms with Crippen LogP contribution in [0.5, 0.6) is 11.5 Å². The summed E-state index contributed by atoms with van der Waals surface area (Å²) < 4.78 is 26.2. The Morgan fingerprint density at radius 1 is 1.05 bits per heavy atom. The van der Waals surface area contributed by atoms with E-state index in [0.29, 0.717) is 13.0 Å². The van der Waals surface area contributed by atoms with Crippen LogP contribution in [0.4, 0.5) is 4.39 Å². The number of carboxylic acids is 1. The van der Waals surface area contributed by atoms with E-state index >= 15 is 0 Å². The molecular formula is C31H30FNO4. The van der Waals surface area contributed by atoms with E-state index in [1.165, 1.54) is 29.3 Å². The zero-order chi connectivity index (χ0) is 25.9. The average Bonchev–Trinajstić information content (AvgIpc) is 2.92. The molecule has 1 aliphatic rings. The standard InChI is InChI=1S/C31H30FNO4/c1-19(24-12-7-9-21-8-3-4-10-25(21)24)33-18-23-17-27(26-11-5-6-13-29(26)37-23)22-14-15-28(32)30(16-22)36-20(2)31(34)35/h3-16,19-20,23,27,33H,17-18H2,1-2H3,(H,34,35)/t19-,20?,23-,27-/m1/s1. The first kappa shape index (κ1) is 24.8. The number of nitrogens with one attached hydrogen (secondary N) is 1. The van der Waals surface area contributed by atoms with Gasteiger partial charge in [-0.05, 0) is 60.4 Å². The van der Waals surface area contributed by atoms with Crippen LogP contribution in [0.25, 0.3) is 10.8 Å². The highest BCUT2D eigenvalue weighted by molar-refractivity contribution is 5.86. The van der Waals surface area contributed by atoms with Gasteiger partial charge in [0.05, 0.1) is 0 Å². The quantitative estimate of drug-likeness (QED) is 0.291. The second-order valence-electron chi connectivity index (χ2n) is 9.55. The van der Waals surface area contributed by atoms with Gasteiger partial charge in [0, 0.05) is 24.1 Å². The molecule has 6 heteroatoms. The van der Waals surface area contributed by atoms with Crippen molar-refractivity contribution in [1.82, 2.24) is 5.32 Å². The molecule has 0 saturated carbocycles. The van der Waals surface area contributed by atoms with Gasteiger partial charge in [0.1, 0.15) is 11.9 Å². The molecule has 0 bridgehead atoms. The van der Waals surface area contributed by atoms with Gasteiger partial charge in [0.25, 0.3) is 0 Å². The molecule has 4 atom stereocenters. The Morgan fingerprint density at radius 2 is 1.81 bits per heavy atom. The molecule has 37 heavy (non-hydrogen) atoms. The van der Waals surface area contributed by atoms with Crippen molar-refractivity contribution < 1.29 is 23.8 Å². The van der Waals surface area contributed by atoms with E-state index in [1.807, 2.05) is 30.3 Å². The number of para-hydroxylation sites is 1. The molecule has 0 radical (unpaired) electrons. The number of carbonyl (C=O) groups is 1. The number of ether oxygens (including phenoxy) is 2. The topological polar surface area (TPSA) is 67.8 Å². The van der Waals surface area contributed by atoms with Crippen LogP contribution in [-0.4, -0.2) is 29.8 Å². The number of hydrogen-bond donors (Lipinski definition) is 2. The lowest BCUT2D eigenvalue weighted by Gasteiger charge is -2.33. The monoisotopic (exact) mass is 499 g/mol. The van der Waals surface area contributed by atoms with Crippen LogP contribution in [0, 0.1) is 5.82 Å². The fourth-order valence-electron chi connectivity index (χ4n) is 5.05. The molecule has 1 aliphatic heterocycles. The van der Waals surface area contributed by atoms with Crippen molar-refractivity contribution in [2.45, 2.75) is 44.4 Å². The van der Waals surface area contributed by atoms with Crippen molar-refractivity contribution >= 4 is 16.7 Å². The molecule has 0 aromatic heterocycles. The molecular weight excluding hydrogens is 469 g/mol. The lowest BCUT2D eigenvalue weighted by molar-refractivity contribution is -0.144. The van der Waals surface area contributed by atoms with E-state index in [-0.39, 0.29) is 23.8 Å². The minimum absolute atomic E-state index is 0.0484. The van der Waals surface area contributed by atoms with Crippen LogP contribution in [-0.2, 0) is 4.79 Å². The summed E-state index contributed by atoms with van der Waals surface area (Å²) in [5.74, 6) is -1.04. The van der Waals surface area contributed by atoms with Crippen LogP contribution in [0.3, 0.4) is 0 Å². The molecule has 5 nitrogen and oxygen atoms in total. The summed E-state index contributed by atoms with van der Waals surface area (Å²) in [6.07, 6.45) is -0.574. The summed E-state index contributed by atoms with van der Waals surface area (Å²) in [5.41, 5.74) is 3.11. The van der Waals surface area contributed by atoms with Crippen molar-refractivity contribution in [3.63, 3.8) is 0 Å². The molecule has 4 aromatic carbocycles. The summed E-state index contributed by atoms with van der Waals surface area (Å²) >= 11 is 0. The van der Waals surface area contributed by atoms with Gasteiger partial charge in [-0.1, -0.05) is 66.7 Å². The third kappa shape index (κ3) is 5.30. The highest BCUT2D eigenvalue weighted by Gasteiger charge is 2.30. The van der Waals surface area contributed by atoms with Gasteiger partial charge >= 0.3 is 5.97 Å². The molecule has 2 N–H and O–H groups in total. The van der Waals surface area contributed by atoms with Crippen LogP contribution in [0.15, 0.2) is 84.9 Å². The third-order valence-electron chi connectivity index (χ3n) is 7.04. The first-order valence-electron chi connectivity index (χ1n) is 12.6. The molecule has 0 amide bonds. The largest absolute Gasteiger partial charge is 0.489 e. The van der Waals surface area contributed by atoms with Gasteiger partial charge in [-0.3, -0.25) is 0 Å². The maximum atomic E-state index is 14.5. The third-order valence-corrected chi connectivity index (χ3v) is 7.04. The summed E-state index contributed by atoms with van der Waals surface area (Å²) in [6.45, 7) is 4.18. The van der Waals surface area contributed by atoms with Gasteiger partial charge in [-0.25, -0.2) is 9.18 Å². The molecule has 190 valence electrons. The fraction of sp³-hybridized carbons (Fsp3) is 0.258. The van der Waals surface area contributed by atoms with E-state index in [2.05, 4.69) is 48.6 Å². The maximum absolute atomic E-state index is 14.5. The Morgan fingerprint density at radius 3 is 2.65 bits per heavy atom. The summed E-state index contributed by atoms with van der Waals surface area (Å²) in [6, 6.07) is 27.4. The first-order chi connectivity index (χ1) is 17.9. The second kappa shape index (κ2) is 10.6. The zero-order valence-corrected chi connectivity index (χ0v) is 20.9. The molecule has 1 heterocycles. The van der Waals surface area contributed by atoms with Crippen molar-refractivity contribution in [2.24, 2.45) is 0 Å². The van der Waals surface area contributed by atoms with Gasteiger partial charge in [-0.2, -0.15) is 0 Å². The van der Waals surface area contributed by atoms with E-state index in [9.17, 15) is 14.3 Å². The molecule has 0 spiro atoms. The molecule has 4 aromatic rings. The normalized spacial score (nSPS) is 18.5. The number of aliphatic carboxylic acids is 1. The summed E-state index contributed by atoms with van der Waals surface area (Å²) in [4.78, 5) is 11.2. The highest BCUT2D eigenvalue weighted by Crippen LogP contribution is 2.41. The van der Waals surface area contributed by atoms with E-state index in [1.54, 1.807) is 12.1 Å². The maximum Gasteiger partial charge on any atom is 0.344 e. The highest BCUT2D eigenvalue weighted by atomic mass is 19.1. The number of halogens is 1. The Bertz CT molecular complexity index is 1420. The SMILES string of the molecule is CC(Oc1cc([C@H]2C[C@H](CN[C@H](C)c3cccc4ccccc34)Oc3ccccc32)ccc1F)C(=O)O. The van der Waals surface area contributed by atoms with Crippen molar-refractivity contribution in [1.29, 1.82) is 0 Å². The van der Waals surface area contributed by atoms with Crippen LogP contribution in [0.1, 0.15) is 48.9 Å². The van der Waals surface area contributed by atoms with Crippen molar-refractivity contribution in [3.8, 4) is 11.5 Å². The van der Waals surface area contributed by atoms with E-state index in [4.69, 9.17) is 9.47 Å². The van der Waals surface area contributed by atoms with Gasteiger partial charge < -0.3 is 19.9 Å². The smallest absolute Gasteiger partial charge is 0.344 e. The van der Waals surface area contributed by atoms with Gasteiger partial charge in [0.2, 0.25) is 0 Å². The Kier molecular flexibility index (Phi) is 7.10. The zero-order valence-electron chi connectivity index (χ0n) is 20.9. The number of carboxylic acid groups (broad SMARTS) is 1. The van der Waals surface area contributed by atoms with Gasteiger partial charge in [-0.15, -0.1) is 0 Å². The lowest BCUT2D eigenvalue weighted by Crippen LogP contribution is -2.37. The fourth-order valence-corrected chi connectivity index (χ4v) is 5.05. The summed E-state index contributed by atoms with van der Waals surface area (Å²) in [5, 5.41) is 15.3. The van der Waals surface area contributed by atoms with Crippen LogP contribution >= 0.6 is 0 Å². The van der Waals surface area contributed by atoms with Crippen molar-refractivity contribution in [3.05, 3.63) is 107 Å². The number of rotatable bonds is 8. The molecule has 0 saturated heterocycles. The molecule has 5 rings (SSSR count). The van der Waals surface area contributed by atoms with Gasteiger partial charge in [0.15, 0.2) is 17.7 Å². The molecule has 1 unspecified atom stereocenters. The van der Waals surface area contributed by atoms with E-state index < -0.39 is 17.9 Å². The predicted molar refractivity (Wildman–Crippen MR) is 142 cm³/mol. The van der Waals surface area contributed by atoms with E-state index in [0.717, 1.165) is 16.9 Å².